The van der Waals surface area contributed by atoms with Crippen molar-refractivity contribution in [1.82, 2.24) is 5.32 Å². The molecular weight excluding hydrogens is 142 g/mol. The lowest BCUT2D eigenvalue weighted by atomic mass is 10.2. The number of allylic oxidation sites excluding steroid dienone is 1. The molecule has 0 aromatic rings. The second kappa shape index (κ2) is 4.51. The van der Waals surface area contributed by atoms with Crippen molar-refractivity contribution in [3.8, 4) is 0 Å². The lowest BCUT2D eigenvalue weighted by molar-refractivity contribution is 0.320. The lowest BCUT2D eigenvalue weighted by Crippen LogP contribution is -2.12. The summed E-state index contributed by atoms with van der Waals surface area (Å²) in [7, 11) is 1.74. The Hall–Kier alpha value is -1.29. The summed E-state index contributed by atoms with van der Waals surface area (Å²) in [6.07, 6.45) is 1.46. The summed E-state index contributed by atoms with van der Waals surface area (Å²) in [4.78, 5) is 4.16. The molecule has 0 aliphatic rings. The first kappa shape index (κ1) is 9.71. The van der Waals surface area contributed by atoms with Crippen LogP contribution < -0.4 is 11.2 Å². The molecule has 0 rings (SSSR count). The number of nitrogens with one attached hydrogen (secondary N) is 2. The molecule has 62 valence electrons. The molecule has 0 amide bonds. The highest BCUT2D eigenvalue weighted by Gasteiger charge is 1.96. The largest absolute Gasteiger partial charge is 0.392 e. The van der Waals surface area contributed by atoms with Crippen LogP contribution in [-0.2, 0) is 4.84 Å². The Morgan fingerprint density at radius 2 is 2.27 bits per heavy atom. The van der Waals surface area contributed by atoms with E-state index in [1.807, 2.05) is 6.92 Å². The van der Waals surface area contributed by atoms with Gasteiger partial charge >= 0.3 is 0 Å². The normalized spacial score (nSPS) is 10.6. The molecule has 0 saturated heterocycles. The SMILES string of the molecule is C=C(C)/C(=C/C(=N)ON)NC. The summed E-state index contributed by atoms with van der Waals surface area (Å²) in [6, 6.07) is 0. The van der Waals surface area contributed by atoms with E-state index in [1.54, 1.807) is 7.05 Å². The quantitative estimate of drug-likeness (QED) is 0.241. The maximum Gasteiger partial charge on any atom is 0.232 e. The van der Waals surface area contributed by atoms with E-state index in [0.29, 0.717) is 0 Å². The molecule has 11 heavy (non-hydrogen) atoms. The molecule has 0 radical (unpaired) electrons. The van der Waals surface area contributed by atoms with Crippen LogP contribution in [0.1, 0.15) is 6.92 Å². The first-order valence-electron chi connectivity index (χ1n) is 3.12. The monoisotopic (exact) mass is 155 g/mol. The van der Waals surface area contributed by atoms with Crippen LogP contribution in [0.5, 0.6) is 0 Å². The number of likely N-dealkylation sites (N-methyl/N-ethyl adjacent to an activating group) is 1. The summed E-state index contributed by atoms with van der Waals surface area (Å²) < 4.78 is 0. The van der Waals surface area contributed by atoms with Crippen molar-refractivity contribution in [2.24, 2.45) is 5.90 Å². The van der Waals surface area contributed by atoms with E-state index in [9.17, 15) is 0 Å². The van der Waals surface area contributed by atoms with E-state index in [1.165, 1.54) is 6.08 Å². The highest BCUT2D eigenvalue weighted by atomic mass is 16.6. The highest BCUT2D eigenvalue weighted by Crippen LogP contribution is 2.00. The minimum absolute atomic E-state index is 0.0997. The Kier molecular flexibility index (Phi) is 3.98. The molecule has 4 N–H and O–H groups in total. The zero-order chi connectivity index (χ0) is 8.85. The van der Waals surface area contributed by atoms with Gasteiger partial charge in [0, 0.05) is 18.8 Å². The first-order chi connectivity index (χ1) is 5.11. The predicted molar refractivity (Wildman–Crippen MR) is 45.0 cm³/mol. The minimum atomic E-state index is -0.0997. The van der Waals surface area contributed by atoms with Crippen LogP contribution >= 0.6 is 0 Å². The molecule has 0 unspecified atom stereocenters. The maximum absolute atomic E-state index is 7.06. The van der Waals surface area contributed by atoms with Gasteiger partial charge in [0.25, 0.3) is 0 Å². The molecule has 0 aromatic carbocycles. The molecule has 0 fully saturated rings. The average Bonchev–Trinajstić information content (AvgIpc) is 1.99. The van der Waals surface area contributed by atoms with E-state index in [0.717, 1.165) is 11.3 Å². The van der Waals surface area contributed by atoms with Crippen molar-refractivity contribution < 1.29 is 4.84 Å². The molecule has 0 bridgehead atoms. The van der Waals surface area contributed by atoms with Crippen molar-refractivity contribution in [2.45, 2.75) is 6.92 Å². The Morgan fingerprint density at radius 3 is 2.55 bits per heavy atom. The third-order valence-electron chi connectivity index (χ3n) is 1.13. The summed E-state index contributed by atoms with van der Waals surface area (Å²) in [5, 5.41) is 9.91. The average molecular weight is 155 g/mol. The van der Waals surface area contributed by atoms with Gasteiger partial charge in [-0.3, -0.25) is 5.41 Å². The Morgan fingerprint density at radius 1 is 1.73 bits per heavy atom. The first-order valence-corrected chi connectivity index (χ1v) is 3.12. The molecular formula is C7H13N3O. The fraction of sp³-hybridized carbons (Fsp3) is 0.286. The van der Waals surface area contributed by atoms with Crippen LogP contribution in [0, 0.1) is 5.41 Å². The van der Waals surface area contributed by atoms with E-state index in [-0.39, 0.29) is 5.90 Å². The van der Waals surface area contributed by atoms with Crippen LogP contribution in [0.15, 0.2) is 23.9 Å². The molecule has 4 nitrogen and oxygen atoms in total. The van der Waals surface area contributed by atoms with Gasteiger partial charge < -0.3 is 10.2 Å². The van der Waals surface area contributed by atoms with Gasteiger partial charge in [0.1, 0.15) is 0 Å². The minimum Gasteiger partial charge on any atom is -0.392 e. The van der Waals surface area contributed by atoms with Crippen molar-refractivity contribution in [3.63, 3.8) is 0 Å². The van der Waals surface area contributed by atoms with Gasteiger partial charge in [0.2, 0.25) is 5.90 Å². The zero-order valence-electron chi connectivity index (χ0n) is 6.77. The molecule has 0 aromatic heterocycles. The van der Waals surface area contributed by atoms with E-state index in [4.69, 9.17) is 11.3 Å². The van der Waals surface area contributed by atoms with Gasteiger partial charge in [0.15, 0.2) is 0 Å². The Bertz CT molecular complexity index is 196. The van der Waals surface area contributed by atoms with Gasteiger partial charge in [-0.2, -0.15) is 5.90 Å². The number of nitrogens with two attached hydrogens (primary N) is 1. The third kappa shape index (κ3) is 3.42. The molecule has 0 atom stereocenters. The summed E-state index contributed by atoms with van der Waals surface area (Å²) in [5.74, 6) is 4.65. The third-order valence-corrected chi connectivity index (χ3v) is 1.13. The van der Waals surface area contributed by atoms with E-state index < -0.39 is 0 Å². The molecule has 0 spiro atoms. The van der Waals surface area contributed by atoms with Gasteiger partial charge in [-0.15, -0.1) is 0 Å². The standard InChI is InChI=1S/C7H13N3O/c1-5(2)6(10-3)4-7(8)11-9/h4,8,10H,1,9H2,2-3H3/b6-4-,8-7?. The molecule has 4 heteroatoms. The summed E-state index contributed by atoms with van der Waals surface area (Å²) in [6.45, 7) is 5.52. The van der Waals surface area contributed by atoms with Crippen LogP contribution in [0.2, 0.25) is 0 Å². The van der Waals surface area contributed by atoms with Crippen molar-refractivity contribution in [2.75, 3.05) is 7.05 Å². The molecule has 0 aliphatic carbocycles. The van der Waals surface area contributed by atoms with E-state index >= 15 is 0 Å². The van der Waals surface area contributed by atoms with Crippen LogP contribution in [-0.4, -0.2) is 12.9 Å². The van der Waals surface area contributed by atoms with Crippen LogP contribution in [0.25, 0.3) is 0 Å². The summed E-state index contributed by atoms with van der Waals surface area (Å²) >= 11 is 0. The number of hydrogen-bond acceptors (Lipinski definition) is 4. The van der Waals surface area contributed by atoms with E-state index in [2.05, 4.69) is 16.7 Å². The summed E-state index contributed by atoms with van der Waals surface area (Å²) in [5.41, 5.74) is 1.56. The van der Waals surface area contributed by atoms with Gasteiger partial charge in [-0.05, 0) is 12.5 Å². The number of rotatable bonds is 3. The van der Waals surface area contributed by atoms with Crippen molar-refractivity contribution in [1.29, 1.82) is 5.41 Å². The fourth-order valence-corrected chi connectivity index (χ4v) is 0.574. The van der Waals surface area contributed by atoms with Gasteiger partial charge in [-0.1, -0.05) is 6.58 Å². The zero-order valence-corrected chi connectivity index (χ0v) is 6.77. The predicted octanol–water partition coefficient (Wildman–Crippen LogP) is 0.533. The van der Waals surface area contributed by atoms with Crippen LogP contribution in [0.4, 0.5) is 0 Å². The van der Waals surface area contributed by atoms with Crippen molar-refractivity contribution in [3.05, 3.63) is 23.9 Å². The van der Waals surface area contributed by atoms with Gasteiger partial charge in [0.05, 0.1) is 0 Å². The Balaban J connectivity index is 4.35. The maximum atomic E-state index is 7.06. The lowest BCUT2D eigenvalue weighted by Gasteiger charge is -2.04. The van der Waals surface area contributed by atoms with Crippen molar-refractivity contribution >= 4 is 5.90 Å². The smallest absolute Gasteiger partial charge is 0.232 e. The highest BCUT2D eigenvalue weighted by molar-refractivity contribution is 5.85. The van der Waals surface area contributed by atoms with Gasteiger partial charge in [-0.25, -0.2) is 0 Å². The van der Waals surface area contributed by atoms with Crippen LogP contribution in [0.3, 0.4) is 0 Å². The molecule has 0 aliphatic heterocycles. The fourth-order valence-electron chi connectivity index (χ4n) is 0.574. The number of hydrogen-bond donors (Lipinski definition) is 3. The molecule has 0 heterocycles. The second-order valence-electron chi connectivity index (χ2n) is 2.07. The topological polar surface area (TPSA) is 71.1 Å². The Labute approximate surface area is 66.2 Å². The molecule has 0 saturated carbocycles. The second-order valence-corrected chi connectivity index (χ2v) is 2.07.